The van der Waals surface area contributed by atoms with E-state index in [1.54, 1.807) is 42.1 Å². The lowest BCUT2D eigenvalue weighted by Crippen LogP contribution is -2.01. The number of rotatable bonds is 7. The van der Waals surface area contributed by atoms with Crippen LogP contribution in [-0.4, -0.2) is 43.5 Å². The maximum atomic E-state index is 11.9. The molecule has 0 saturated carbocycles. The molecule has 9 nitrogen and oxygen atoms in total. The fourth-order valence-corrected chi connectivity index (χ4v) is 4.76. The number of halogens is 1. The second-order valence-electron chi connectivity index (χ2n) is 8.85. The summed E-state index contributed by atoms with van der Waals surface area (Å²) in [5.74, 6) is -0.295. The number of ether oxygens (including phenoxy) is 1. The summed E-state index contributed by atoms with van der Waals surface area (Å²) in [7, 11) is 1.59. The number of methoxy groups -OCH3 is 1. The fraction of sp³-hybridized carbons (Fsp3) is 0.0690. The van der Waals surface area contributed by atoms with Crippen molar-refractivity contribution >= 4 is 28.5 Å². The maximum Gasteiger partial charge on any atom is 0.336 e. The predicted molar refractivity (Wildman–Crippen MR) is 145 cm³/mol. The summed E-state index contributed by atoms with van der Waals surface area (Å²) >= 11 is 6.30. The molecule has 0 aliphatic carbocycles. The van der Waals surface area contributed by atoms with Crippen LogP contribution in [0.3, 0.4) is 0 Å². The molecule has 0 aliphatic rings. The van der Waals surface area contributed by atoms with E-state index >= 15 is 0 Å². The quantitative estimate of drug-likeness (QED) is 0.260. The van der Waals surface area contributed by atoms with Gasteiger partial charge >= 0.3 is 5.97 Å². The van der Waals surface area contributed by atoms with Crippen molar-refractivity contribution in [3.63, 3.8) is 0 Å². The van der Waals surface area contributed by atoms with Crippen LogP contribution < -0.4 is 4.74 Å². The van der Waals surface area contributed by atoms with Crippen LogP contribution >= 0.6 is 11.6 Å². The number of aromatic nitrogens is 5. The van der Waals surface area contributed by atoms with Gasteiger partial charge in [0.05, 0.1) is 24.1 Å². The minimum atomic E-state index is -0.992. The van der Waals surface area contributed by atoms with Crippen molar-refractivity contribution < 1.29 is 19.2 Å². The van der Waals surface area contributed by atoms with Crippen molar-refractivity contribution in [2.24, 2.45) is 0 Å². The van der Waals surface area contributed by atoms with Crippen LogP contribution in [0.15, 0.2) is 89.7 Å². The maximum absolute atomic E-state index is 11.9. The first-order valence-corrected chi connectivity index (χ1v) is 12.3. The zero-order valence-electron chi connectivity index (χ0n) is 20.6. The number of fused-ring (bicyclic) bond motifs is 1. The number of benzene rings is 4. The third kappa shape index (κ3) is 4.71. The second-order valence-corrected chi connectivity index (χ2v) is 9.28. The molecule has 192 valence electrons. The van der Waals surface area contributed by atoms with E-state index in [9.17, 15) is 9.90 Å². The average Bonchev–Trinajstić information content (AvgIpc) is 3.63. The first-order chi connectivity index (χ1) is 19.0. The van der Waals surface area contributed by atoms with E-state index in [-0.39, 0.29) is 5.56 Å². The van der Waals surface area contributed by atoms with Crippen molar-refractivity contribution in [1.82, 2.24) is 25.4 Å². The van der Waals surface area contributed by atoms with Gasteiger partial charge in [0.1, 0.15) is 12.1 Å². The molecule has 0 atom stereocenters. The number of tetrazole rings is 1. The van der Waals surface area contributed by atoms with Crippen LogP contribution in [0, 0.1) is 0 Å². The lowest BCUT2D eigenvalue weighted by Gasteiger charge is -2.10. The van der Waals surface area contributed by atoms with E-state index in [0.717, 1.165) is 39.0 Å². The zero-order chi connectivity index (χ0) is 26.9. The smallest absolute Gasteiger partial charge is 0.336 e. The van der Waals surface area contributed by atoms with E-state index in [1.807, 2.05) is 48.5 Å². The summed E-state index contributed by atoms with van der Waals surface area (Å²) in [6, 6.07) is 23.9. The predicted octanol–water partition coefficient (Wildman–Crippen LogP) is 6.09. The molecule has 0 fully saturated rings. The summed E-state index contributed by atoms with van der Waals surface area (Å²) in [6.45, 7) is 0. The molecule has 6 aromatic rings. The minimum absolute atomic E-state index is 0.221. The molecule has 0 bridgehead atoms. The van der Waals surface area contributed by atoms with E-state index < -0.39 is 5.97 Å². The molecule has 0 aliphatic heterocycles. The van der Waals surface area contributed by atoms with E-state index in [1.165, 1.54) is 6.33 Å². The van der Waals surface area contributed by atoms with E-state index in [2.05, 4.69) is 20.7 Å². The Hall–Kier alpha value is -5.02. The lowest BCUT2D eigenvalue weighted by molar-refractivity contribution is 0.0697. The Kier molecular flexibility index (Phi) is 6.26. The lowest BCUT2D eigenvalue weighted by atomic mass is 9.95. The molecule has 4 aromatic carbocycles. The SMILES string of the molecule is COc1ccc(-c2cc(Cc3noc4cc(-c5cc(Cl)ccc5-n5cnnn5)ccc34)ccc2C(=O)O)cc1. The highest BCUT2D eigenvalue weighted by Gasteiger charge is 2.17. The Balaban J connectivity index is 1.35. The molecule has 0 spiro atoms. The highest BCUT2D eigenvalue weighted by atomic mass is 35.5. The number of hydrogen-bond acceptors (Lipinski definition) is 7. The van der Waals surface area contributed by atoms with Crippen LogP contribution in [0.25, 0.3) is 38.9 Å². The van der Waals surface area contributed by atoms with Crippen LogP contribution in [0.4, 0.5) is 0 Å². The van der Waals surface area contributed by atoms with Gasteiger partial charge in [0.2, 0.25) is 0 Å². The molecule has 0 radical (unpaired) electrons. The molecule has 0 saturated heterocycles. The summed E-state index contributed by atoms with van der Waals surface area (Å²) in [5.41, 5.74) is 6.36. The van der Waals surface area contributed by atoms with Crippen LogP contribution in [0.2, 0.25) is 5.02 Å². The Labute approximate surface area is 227 Å². The van der Waals surface area contributed by atoms with Crippen molar-refractivity contribution in [3.8, 4) is 33.7 Å². The third-order valence-corrected chi connectivity index (χ3v) is 6.73. The number of hydrogen-bond donors (Lipinski definition) is 1. The number of carboxylic acids is 1. The van der Waals surface area contributed by atoms with Gasteiger partial charge in [0, 0.05) is 22.4 Å². The van der Waals surface area contributed by atoms with Crippen LogP contribution in [0.5, 0.6) is 5.75 Å². The van der Waals surface area contributed by atoms with Gasteiger partial charge in [-0.25, -0.2) is 4.79 Å². The average molecular weight is 538 g/mol. The Morgan fingerprint density at radius 2 is 1.79 bits per heavy atom. The first kappa shape index (κ1) is 24.3. The van der Waals surface area contributed by atoms with Gasteiger partial charge in [-0.1, -0.05) is 41.0 Å². The third-order valence-electron chi connectivity index (χ3n) is 6.50. The largest absolute Gasteiger partial charge is 0.497 e. The summed E-state index contributed by atoms with van der Waals surface area (Å²) in [6.07, 6.45) is 1.98. The normalized spacial score (nSPS) is 11.1. The topological polar surface area (TPSA) is 116 Å². The highest BCUT2D eigenvalue weighted by Crippen LogP contribution is 2.33. The first-order valence-electron chi connectivity index (χ1n) is 11.9. The molecular formula is C29H20ClN5O4. The number of carboxylic acid groups (broad SMARTS) is 1. The fourth-order valence-electron chi connectivity index (χ4n) is 4.59. The Morgan fingerprint density at radius 3 is 2.54 bits per heavy atom. The number of carbonyl (C=O) groups is 1. The molecule has 10 heteroatoms. The van der Waals surface area contributed by atoms with Gasteiger partial charge in [-0.3, -0.25) is 0 Å². The minimum Gasteiger partial charge on any atom is -0.497 e. The van der Waals surface area contributed by atoms with E-state index in [4.69, 9.17) is 20.9 Å². The zero-order valence-corrected chi connectivity index (χ0v) is 21.3. The number of nitrogens with zero attached hydrogens (tertiary/aromatic N) is 5. The van der Waals surface area contributed by atoms with Gasteiger partial charge < -0.3 is 14.4 Å². The van der Waals surface area contributed by atoms with Gasteiger partial charge in [0.15, 0.2) is 5.58 Å². The summed E-state index contributed by atoms with van der Waals surface area (Å²) in [4.78, 5) is 11.9. The van der Waals surface area contributed by atoms with Crippen molar-refractivity contribution in [3.05, 3.63) is 107 Å². The van der Waals surface area contributed by atoms with E-state index in [0.29, 0.717) is 28.3 Å². The standard InChI is InChI=1S/C29H20ClN5O4/c1-38-21-7-3-18(4-8-21)24-12-17(2-9-22(24)29(36)37)13-26-23-10-5-19(14-28(23)39-32-26)25-15-20(30)6-11-27(25)35-16-31-33-34-35/h2-12,14-16H,13H2,1H3,(H,36,37). The van der Waals surface area contributed by atoms with Gasteiger partial charge in [-0.15, -0.1) is 5.10 Å². The molecule has 2 aromatic heterocycles. The molecular weight excluding hydrogens is 518 g/mol. The Morgan fingerprint density at radius 1 is 0.974 bits per heavy atom. The van der Waals surface area contributed by atoms with Gasteiger partial charge in [-0.05, 0) is 87.3 Å². The second kappa shape index (κ2) is 10.0. The van der Waals surface area contributed by atoms with Crippen molar-refractivity contribution in [2.75, 3.05) is 7.11 Å². The van der Waals surface area contributed by atoms with Gasteiger partial charge in [-0.2, -0.15) is 4.68 Å². The van der Waals surface area contributed by atoms with Crippen molar-refractivity contribution in [2.45, 2.75) is 6.42 Å². The molecule has 2 heterocycles. The van der Waals surface area contributed by atoms with Gasteiger partial charge in [0.25, 0.3) is 0 Å². The molecule has 39 heavy (non-hydrogen) atoms. The number of aromatic carboxylic acids is 1. The molecule has 1 N–H and O–H groups in total. The molecule has 0 amide bonds. The van der Waals surface area contributed by atoms with Crippen molar-refractivity contribution in [1.29, 1.82) is 0 Å². The van der Waals surface area contributed by atoms with Crippen LogP contribution in [0.1, 0.15) is 21.6 Å². The monoisotopic (exact) mass is 537 g/mol. The molecule has 6 rings (SSSR count). The highest BCUT2D eigenvalue weighted by molar-refractivity contribution is 6.31. The molecule has 0 unspecified atom stereocenters. The summed E-state index contributed by atoms with van der Waals surface area (Å²) < 4.78 is 12.5. The Bertz CT molecular complexity index is 1810. The van der Waals surface area contributed by atoms with Crippen LogP contribution in [-0.2, 0) is 6.42 Å². The summed E-state index contributed by atoms with van der Waals surface area (Å²) in [5, 5.41) is 27.0.